The first kappa shape index (κ1) is 12.9. The highest BCUT2D eigenvalue weighted by Gasteiger charge is 2.24. The van der Waals surface area contributed by atoms with Crippen molar-refractivity contribution >= 4 is 5.91 Å². The van der Waals surface area contributed by atoms with Gasteiger partial charge in [0.25, 0.3) is 0 Å². The number of nitrogens with one attached hydrogen (secondary N) is 1. The van der Waals surface area contributed by atoms with E-state index in [4.69, 9.17) is 4.74 Å². The van der Waals surface area contributed by atoms with Crippen molar-refractivity contribution in [1.29, 1.82) is 0 Å². The molecule has 2 rings (SSSR count). The lowest BCUT2D eigenvalue weighted by atomic mass is 9.85. The second-order valence-corrected chi connectivity index (χ2v) is 5.02. The highest BCUT2D eigenvalue weighted by Crippen LogP contribution is 2.27. The van der Waals surface area contributed by atoms with E-state index < -0.39 is 0 Å². The first-order chi connectivity index (χ1) is 8.63. The van der Waals surface area contributed by atoms with Gasteiger partial charge in [0.05, 0.1) is 7.11 Å². The van der Waals surface area contributed by atoms with Crippen LogP contribution in [0, 0.1) is 19.8 Å². The molecule has 3 nitrogen and oxygen atoms in total. The van der Waals surface area contributed by atoms with E-state index in [0.29, 0.717) is 6.54 Å². The second-order valence-electron chi connectivity index (χ2n) is 5.02. The van der Waals surface area contributed by atoms with Crippen molar-refractivity contribution in [3.63, 3.8) is 0 Å². The van der Waals surface area contributed by atoms with Crippen LogP contribution >= 0.6 is 0 Å². The average molecular weight is 247 g/mol. The van der Waals surface area contributed by atoms with E-state index in [9.17, 15) is 4.79 Å². The summed E-state index contributed by atoms with van der Waals surface area (Å²) in [7, 11) is 1.68. The summed E-state index contributed by atoms with van der Waals surface area (Å²) in [4.78, 5) is 11.8. The molecule has 0 atom stereocenters. The highest BCUT2D eigenvalue weighted by molar-refractivity contribution is 5.79. The lowest BCUT2D eigenvalue weighted by Crippen LogP contribution is -2.34. The van der Waals surface area contributed by atoms with E-state index in [2.05, 4.69) is 12.2 Å². The lowest BCUT2D eigenvalue weighted by molar-refractivity contribution is -0.127. The highest BCUT2D eigenvalue weighted by atomic mass is 16.5. The molecule has 0 radical (unpaired) electrons. The van der Waals surface area contributed by atoms with E-state index >= 15 is 0 Å². The SMILES string of the molecule is COc1ccc(CNC(=O)C2CCC2)c(C)c1C. The van der Waals surface area contributed by atoms with Crippen molar-refractivity contribution in [2.24, 2.45) is 5.92 Å². The number of carbonyl (C=O) groups is 1. The molecule has 98 valence electrons. The van der Waals surface area contributed by atoms with Gasteiger partial charge in [-0.05, 0) is 49.4 Å². The predicted molar refractivity (Wildman–Crippen MR) is 71.7 cm³/mol. The summed E-state index contributed by atoms with van der Waals surface area (Å²) in [6, 6.07) is 4.00. The van der Waals surface area contributed by atoms with Gasteiger partial charge in [-0.2, -0.15) is 0 Å². The first-order valence-corrected chi connectivity index (χ1v) is 6.54. The molecular formula is C15H21NO2. The summed E-state index contributed by atoms with van der Waals surface area (Å²) >= 11 is 0. The standard InChI is InChI=1S/C15H21NO2/c1-10-11(2)14(18-3)8-7-13(10)9-16-15(17)12-5-4-6-12/h7-8,12H,4-6,9H2,1-3H3,(H,16,17). The molecule has 0 aliphatic heterocycles. The number of amides is 1. The number of carbonyl (C=O) groups excluding carboxylic acids is 1. The van der Waals surface area contributed by atoms with Crippen molar-refractivity contribution < 1.29 is 9.53 Å². The molecule has 0 saturated heterocycles. The quantitative estimate of drug-likeness (QED) is 0.888. The third kappa shape index (κ3) is 2.50. The molecule has 0 bridgehead atoms. The lowest BCUT2D eigenvalue weighted by Gasteiger charge is -2.24. The van der Waals surface area contributed by atoms with Gasteiger partial charge >= 0.3 is 0 Å². The fraction of sp³-hybridized carbons (Fsp3) is 0.533. The Morgan fingerprint density at radius 2 is 2.06 bits per heavy atom. The smallest absolute Gasteiger partial charge is 0.223 e. The van der Waals surface area contributed by atoms with E-state index in [-0.39, 0.29) is 11.8 Å². The van der Waals surface area contributed by atoms with Crippen LogP contribution in [0.5, 0.6) is 5.75 Å². The topological polar surface area (TPSA) is 38.3 Å². The molecule has 1 aliphatic rings. The summed E-state index contributed by atoms with van der Waals surface area (Å²) in [6.07, 6.45) is 3.29. The van der Waals surface area contributed by atoms with Crippen LogP contribution in [0.2, 0.25) is 0 Å². The fourth-order valence-corrected chi connectivity index (χ4v) is 2.26. The van der Waals surface area contributed by atoms with Gasteiger partial charge in [0, 0.05) is 12.5 Å². The van der Waals surface area contributed by atoms with E-state index in [1.807, 2.05) is 19.1 Å². The molecule has 0 spiro atoms. The molecule has 1 amide bonds. The molecule has 0 unspecified atom stereocenters. The number of benzene rings is 1. The molecular weight excluding hydrogens is 226 g/mol. The van der Waals surface area contributed by atoms with Crippen LogP contribution in [-0.4, -0.2) is 13.0 Å². The van der Waals surface area contributed by atoms with Crippen LogP contribution < -0.4 is 10.1 Å². The van der Waals surface area contributed by atoms with Gasteiger partial charge in [-0.25, -0.2) is 0 Å². The fourth-order valence-electron chi connectivity index (χ4n) is 2.26. The van der Waals surface area contributed by atoms with Crippen LogP contribution in [0.25, 0.3) is 0 Å². The summed E-state index contributed by atoms with van der Waals surface area (Å²) in [6.45, 7) is 4.74. The van der Waals surface area contributed by atoms with Gasteiger partial charge in [0.1, 0.15) is 5.75 Å². The Bertz CT molecular complexity index is 450. The van der Waals surface area contributed by atoms with Gasteiger partial charge in [-0.15, -0.1) is 0 Å². The maximum Gasteiger partial charge on any atom is 0.223 e. The molecule has 1 N–H and O–H groups in total. The zero-order valence-electron chi connectivity index (χ0n) is 11.4. The number of hydrogen-bond donors (Lipinski definition) is 1. The molecule has 0 aromatic heterocycles. The molecule has 0 heterocycles. The maximum atomic E-state index is 11.8. The van der Waals surface area contributed by atoms with Crippen molar-refractivity contribution in [1.82, 2.24) is 5.32 Å². The zero-order valence-corrected chi connectivity index (χ0v) is 11.4. The number of hydrogen-bond acceptors (Lipinski definition) is 2. The Balaban J connectivity index is 2.01. The minimum Gasteiger partial charge on any atom is -0.496 e. The Morgan fingerprint density at radius 1 is 1.33 bits per heavy atom. The first-order valence-electron chi connectivity index (χ1n) is 6.54. The number of ether oxygens (including phenoxy) is 1. The zero-order chi connectivity index (χ0) is 13.1. The maximum absolute atomic E-state index is 11.8. The largest absolute Gasteiger partial charge is 0.496 e. The van der Waals surface area contributed by atoms with Crippen molar-refractivity contribution in [3.8, 4) is 5.75 Å². The number of rotatable bonds is 4. The van der Waals surface area contributed by atoms with Crippen LogP contribution in [0.15, 0.2) is 12.1 Å². The molecule has 1 aromatic rings. The Labute approximate surface area is 109 Å². The van der Waals surface area contributed by atoms with Gasteiger partial charge < -0.3 is 10.1 Å². The predicted octanol–water partition coefficient (Wildman–Crippen LogP) is 2.73. The minimum absolute atomic E-state index is 0.203. The van der Waals surface area contributed by atoms with Gasteiger partial charge in [0.15, 0.2) is 0 Å². The van der Waals surface area contributed by atoms with Crippen LogP contribution in [0.1, 0.15) is 36.0 Å². The van der Waals surface area contributed by atoms with E-state index in [1.54, 1.807) is 7.11 Å². The summed E-state index contributed by atoms with van der Waals surface area (Å²) in [5, 5.41) is 3.03. The normalized spacial score (nSPS) is 15.1. The molecule has 1 aromatic carbocycles. The Kier molecular flexibility index (Phi) is 3.90. The van der Waals surface area contributed by atoms with Crippen LogP contribution in [0.4, 0.5) is 0 Å². The minimum atomic E-state index is 0.203. The molecule has 3 heteroatoms. The summed E-state index contributed by atoms with van der Waals surface area (Å²) in [5.41, 5.74) is 3.51. The Morgan fingerprint density at radius 3 is 2.61 bits per heavy atom. The van der Waals surface area contributed by atoms with Gasteiger partial charge in [-0.3, -0.25) is 4.79 Å². The molecule has 1 fully saturated rings. The van der Waals surface area contributed by atoms with Crippen molar-refractivity contribution in [2.75, 3.05) is 7.11 Å². The van der Waals surface area contributed by atoms with Crippen molar-refractivity contribution in [3.05, 3.63) is 28.8 Å². The van der Waals surface area contributed by atoms with Crippen molar-refractivity contribution in [2.45, 2.75) is 39.7 Å². The number of methoxy groups -OCH3 is 1. The average Bonchev–Trinajstić information content (AvgIpc) is 2.29. The molecule has 1 saturated carbocycles. The molecule has 18 heavy (non-hydrogen) atoms. The summed E-state index contributed by atoms with van der Waals surface area (Å²) < 4.78 is 5.28. The molecule has 1 aliphatic carbocycles. The van der Waals surface area contributed by atoms with Crippen LogP contribution in [-0.2, 0) is 11.3 Å². The van der Waals surface area contributed by atoms with Gasteiger partial charge in [0.2, 0.25) is 5.91 Å². The Hall–Kier alpha value is -1.51. The van der Waals surface area contributed by atoms with E-state index in [1.165, 1.54) is 17.5 Å². The van der Waals surface area contributed by atoms with Crippen LogP contribution in [0.3, 0.4) is 0 Å². The summed E-state index contributed by atoms with van der Waals surface area (Å²) in [5.74, 6) is 1.36. The second kappa shape index (κ2) is 5.42. The monoisotopic (exact) mass is 247 g/mol. The third-order valence-corrected chi connectivity index (χ3v) is 4.00. The van der Waals surface area contributed by atoms with E-state index in [0.717, 1.165) is 24.2 Å². The third-order valence-electron chi connectivity index (χ3n) is 4.00. The van der Waals surface area contributed by atoms with Gasteiger partial charge in [-0.1, -0.05) is 12.5 Å².